The molecule has 1 fully saturated rings. The number of urea groups is 1. The van der Waals surface area contributed by atoms with E-state index in [0.29, 0.717) is 43.5 Å². The van der Waals surface area contributed by atoms with E-state index in [1.807, 2.05) is 36.4 Å². The summed E-state index contributed by atoms with van der Waals surface area (Å²) in [6, 6.07) is 13.5. The van der Waals surface area contributed by atoms with Crippen LogP contribution in [0.4, 0.5) is 10.5 Å². The molecule has 0 unspecified atom stereocenters. The van der Waals surface area contributed by atoms with E-state index in [0.717, 1.165) is 9.79 Å². The van der Waals surface area contributed by atoms with Gasteiger partial charge in [-0.15, -0.1) is 0 Å². The number of hydrogen-bond acceptors (Lipinski definition) is 5. The van der Waals surface area contributed by atoms with E-state index in [-0.39, 0.29) is 6.03 Å². The summed E-state index contributed by atoms with van der Waals surface area (Å²) in [6.07, 6.45) is 0. The van der Waals surface area contributed by atoms with Crippen molar-refractivity contribution >= 4 is 23.5 Å². The summed E-state index contributed by atoms with van der Waals surface area (Å²) in [7, 11) is 3.20. The Bertz CT molecular complexity index is 749. The Morgan fingerprint density at radius 2 is 1.77 bits per heavy atom. The zero-order chi connectivity index (χ0) is 18.4. The Kier molecular flexibility index (Phi) is 6.25. The number of nitrogens with one attached hydrogen (secondary N) is 1. The van der Waals surface area contributed by atoms with Crippen molar-refractivity contribution in [2.24, 2.45) is 0 Å². The van der Waals surface area contributed by atoms with Crippen LogP contribution in [0, 0.1) is 0 Å². The Morgan fingerprint density at radius 1 is 1.08 bits per heavy atom. The first kappa shape index (κ1) is 18.4. The summed E-state index contributed by atoms with van der Waals surface area (Å²) >= 11 is 1.58. The molecule has 2 aromatic rings. The maximum atomic E-state index is 12.5. The summed E-state index contributed by atoms with van der Waals surface area (Å²) in [5.41, 5.74) is 0.582. The van der Waals surface area contributed by atoms with Crippen LogP contribution in [0.2, 0.25) is 0 Å². The Morgan fingerprint density at radius 3 is 2.42 bits per heavy atom. The first-order chi connectivity index (χ1) is 12.7. The third-order valence-corrected chi connectivity index (χ3v) is 5.04. The smallest absolute Gasteiger partial charge is 0.322 e. The molecule has 1 N–H and O–H groups in total. The first-order valence-electron chi connectivity index (χ1n) is 8.34. The van der Waals surface area contributed by atoms with Crippen LogP contribution in [0.25, 0.3) is 0 Å². The first-order valence-corrected chi connectivity index (χ1v) is 9.15. The summed E-state index contributed by atoms with van der Waals surface area (Å²) < 4.78 is 16.3. The SMILES string of the molecule is COc1cc(Sc2ccccc2)c(OC)cc1NC(=O)N1CCOCC1. The van der Waals surface area contributed by atoms with Crippen molar-refractivity contribution in [2.45, 2.75) is 9.79 Å². The number of nitrogens with zero attached hydrogens (tertiary/aromatic N) is 1. The molecule has 138 valence electrons. The summed E-state index contributed by atoms with van der Waals surface area (Å²) in [6.45, 7) is 2.27. The largest absolute Gasteiger partial charge is 0.495 e. The maximum absolute atomic E-state index is 12.5. The molecule has 3 rings (SSSR count). The normalized spacial score (nSPS) is 14.0. The van der Waals surface area contributed by atoms with Gasteiger partial charge in [0.2, 0.25) is 0 Å². The van der Waals surface area contributed by atoms with E-state index in [1.165, 1.54) is 0 Å². The number of morpholine rings is 1. The zero-order valence-electron chi connectivity index (χ0n) is 14.9. The van der Waals surface area contributed by atoms with E-state index in [9.17, 15) is 4.79 Å². The van der Waals surface area contributed by atoms with Gasteiger partial charge in [-0.2, -0.15) is 0 Å². The van der Waals surface area contributed by atoms with Crippen molar-refractivity contribution in [2.75, 3.05) is 45.8 Å². The molecule has 6 nitrogen and oxygen atoms in total. The molecule has 0 bridgehead atoms. The fraction of sp³-hybridized carbons (Fsp3) is 0.316. The molecule has 1 aliphatic rings. The standard InChI is InChI=1S/C19H22N2O4S/c1-23-16-13-18(26-14-6-4-3-5-7-14)17(24-2)12-15(16)20-19(22)21-8-10-25-11-9-21/h3-7,12-13H,8-11H2,1-2H3,(H,20,22). The quantitative estimate of drug-likeness (QED) is 0.864. The molecule has 0 saturated carbocycles. The lowest BCUT2D eigenvalue weighted by atomic mass is 10.2. The predicted octanol–water partition coefficient (Wildman–Crippen LogP) is 3.72. The monoisotopic (exact) mass is 374 g/mol. The van der Waals surface area contributed by atoms with Crippen LogP contribution < -0.4 is 14.8 Å². The number of carbonyl (C=O) groups is 1. The fourth-order valence-electron chi connectivity index (χ4n) is 2.62. The average molecular weight is 374 g/mol. The van der Waals surface area contributed by atoms with Gasteiger partial charge in [0.15, 0.2) is 0 Å². The van der Waals surface area contributed by atoms with Crippen LogP contribution in [0.1, 0.15) is 0 Å². The van der Waals surface area contributed by atoms with Crippen molar-refractivity contribution in [3.8, 4) is 11.5 Å². The van der Waals surface area contributed by atoms with Gasteiger partial charge in [0.25, 0.3) is 0 Å². The molecular formula is C19H22N2O4S. The molecule has 1 heterocycles. The maximum Gasteiger partial charge on any atom is 0.322 e. The van der Waals surface area contributed by atoms with Gasteiger partial charge < -0.3 is 24.4 Å². The van der Waals surface area contributed by atoms with E-state index in [2.05, 4.69) is 5.32 Å². The molecule has 0 spiro atoms. The number of anilines is 1. The summed E-state index contributed by atoms with van der Waals surface area (Å²) in [5, 5.41) is 2.91. The molecule has 26 heavy (non-hydrogen) atoms. The van der Waals surface area contributed by atoms with Crippen LogP contribution >= 0.6 is 11.8 Å². The minimum Gasteiger partial charge on any atom is -0.495 e. The third-order valence-electron chi connectivity index (χ3n) is 4.00. The predicted molar refractivity (Wildman–Crippen MR) is 102 cm³/mol. The van der Waals surface area contributed by atoms with Crippen LogP contribution in [-0.2, 0) is 4.74 Å². The molecule has 2 amide bonds. The molecule has 2 aromatic carbocycles. The Balaban J connectivity index is 1.82. The number of carbonyl (C=O) groups excluding carboxylic acids is 1. The molecule has 0 radical (unpaired) electrons. The Hall–Kier alpha value is -2.38. The lowest BCUT2D eigenvalue weighted by Gasteiger charge is -2.27. The van der Waals surface area contributed by atoms with Crippen molar-refractivity contribution in [3.05, 3.63) is 42.5 Å². The highest BCUT2D eigenvalue weighted by Gasteiger charge is 2.20. The molecule has 0 aromatic heterocycles. The van der Waals surface area contributed by atoms with Gasteiger partial charge in [0, 0.05) is 24.1 Å². The van der Waals surface area contributed by atoms with Gasteiger partial charge >= 0.3 is 6.03 Å². The number of rotatable bonds is 5. The van der Waals surface area contributed by atoms with Crippen molar-refractivity contribution < 1.29 is 19.0 Å². The number of methoxy groups -OCH3 is 2. The van der Waals surface area contributed by atoms with E-state index in [4.69, 9.17) is 14.2 Å². The van der Waals surface area contributed by atoms with Gasteiger partial charge in [-0.3, -0.25) is 0 Å². The second-order valence-electron chi connectivity index (χ2n) is 5.65. The zero-order valence-corrected chi connectivity index (χ0v) is 15.7. The summed E-state index contributed by atoms with van der Waals surface area (Å²) in [5.74, 6) is 1.27. The molecule has 1 saturated heterocycles. The minimum absolute atomic E-state index is 0.169. The van der Waals surface area contributed by atoms with E-state index in [1.54, 1.807) is 36.9 Å². The molecule has 0 aliphatic carbocycles. The number of benzene rings is 2. The van der Waals surface area contributed by atoms with E-state index < -0.39 is 0 Å². The van der Waals surface area contributed by atoms with Crippen molar-refractivity contribution in [3.63, 3.8) is 0 Å². The van der Waals surface area contributed by atoms with Crippen LogP contribution in [-0.4, -0.2) is 51.5 Å². The molecule has 1 aliphatic heterocycles. The van der Waals surface area contributed by atoms with Crippen molar-refractivity contribution in [1.29, 1.82) is 0 Å². The second-order valence-corrected chi connectivity index (χ2v) is 6.76. The third kappa shape index (κ3) is 4.42. The average Bonchev–Trinajstić information content (AvgIpc) is 2.70. The van der Waals surface area contributed by atoms with Crippen LogP contribution in [0.3, 0.4) is 0 Å². The highest BCUT2D eigenvalue weighted by molar-refractivity contribution is 7.99. The van der Waals surface area contributed by atoms with Gasteiger partial charge in [-0.05, 0) is 18.2 Å². The van der Waals surface area contributed by atoms with Crippen molar-refractivity contribution in [1.82, 2.24) is 4.90 Å². The highest BCUT2D eigenvalue weighted by atomic mass is 32.2. The molecule has 0 atom stereocenters. The number of amides is 2. The summed E-state index contributed by atoms with van der Waals surface area (Å²) in [4.78, 5) is 16.2. The van der Waals surface area contributed by atoms with Gasteiger partial charge in [-0.1, -0.05) is 30.0 Å². The van der Waals surface area contributed by atoms with E-state index >= 15 is 0 Å². The minimum atomic E-state index is -0.169. The van der Waals surface area contributed by atoms with Crippen LogP contribution in [0.15, 0.2) is 52.3 Å². The van der Waals surface area contributed by atoms with Gasteiger partial charge in [0.05, 0.1) is 38.0 Å². The molecule has 7 heteroatoms. The highest BCUT2D eigenvalue weighted by Crippen LogP contribution is 2.41. The Labute approximate surface area is 157 Å². The lowest BCUT2D eigenvalue weighted by Crippen LogP contribution is -2.43. The van der Waals surface area contributed by atoms with Crippen LogP contribution in [0.5, 0.6) is 11.5 Å². The molecular weight excluding hydrogens is 352 g/mol. The number of hydrogen-bond donors (Lipinski definition) is 1. The topological polar surface area (TPSA) is 60.0 Å². The second kappa shape index (κ2) is 8.82. The number of ether oxygens (including phenoxy) is 3. The van der Waals surface area contributed by atoms with Gasteiger partial charge in [-0.25, -0.2) is 4.79 Å². The fourth-order valence-corrected chi connectivity index (χ4v) is 3.58. The lowest BCUT2D eigenvalue weighted by molar-refractivity contribution is 0.0564. The van der Waals surface area contributed by atoms with Gasteiger partial charge in [0.1, 0.15) is 11.5 Å².